The van der Waals surface area contributed by atoms with E-state index in [1.54, 1.807) is 41.6 Å². The fraction of sp³-hybridized carbons (Fsp3) is 0.238. The van der Waals surface area contributed by atoms with Crippen molar-refractivity contribution in [3.8, 4) is 11.1 Å². The molecule has 3 heterocycles. The second-order valence-electron chi connectivity index (χ2n) is 6.87. The van der Waals surface area contributed by atoms with E-state index in [4.69, 9.17) is 0 Å². The van der Waals surface area contributed by atoms with Crippen LogP contribution in [0.4, 0.5) is 4.39 Å². The standard InChI is InChI=1S/C21H19FN4O2/c22-17-7-5-14(6-8-17)18-12-24-25-19(18)16-4-2-10-26(13-16)21(28)20(27)15-3-1-9-23-11-15/h1,3,5-9,11-12,16H,2,4,10,13H2,(H,24,25). The predicted octanol–water partition coefficient (Wildman–Crippen LogP) is 3.20. The number of aromatic nitrogens is 3. The Balaban J connectivity index is 1.53. The van der Waals surface area contributed by atoms with Crippen molar-refractivity contribution < 1.29 is 14.0 Å². The molecule has 1 N–H and O–H groups in total. The van der Waals surface area contributed by atoms with Crippen molar-refractivity contribution in [3.05, 3.63) is 72.1 Å². The van der Waals surface area contributed by atoms with Crippen LogP contribution in [0.1, 0.15) is 34.8 Å². The average Bonchev–Trinajstić information content (AvgIpc) is 3.24. The Kier molecular flexibility index (Phi) is 4.97. The summed E-state index contributed by atoms with van der Waals surface area (Å²) in [6.07, 6.45) is 6.35. The second kappa shape index (κ2) is 7.72. The molecule has 7 heteroatoms. The van der Waals surface area contributed by atoms with E-state index in [2.05, 4.69) is 15.2 Å². The average molecular weight is 378 g/mol. The van der Waals surface area contributed by atoms with Gasteiger partial charge >= 0.3 is 0 Å². The van der Waals surface area contributed by atoms with E-state index in [1.165, 1.54) is 18.3 Å². The Morgan fingerprint density at radius 1 is 1.14 bits per heavy atom. The summed E-state index contributed by atoms with van der Waals surface area (Å²) in [5, 5.41) is 7.18. The predicted molar refractivity (Wildman–Crippen MR) is 101 cm³/mol. The van der Waals surface area contributed by atoms with Crippen LogP contribution in [0.25, 0.3) is 11.1 Å². The molecule has 0 radical (unpaired) electrons. The van der Waals surface area contributed by atoms with Gasteiger partial charge in [0.1, 0.15) is 5.82 Å². The number of nitrogens with one attached hydrogen (secondary N) is 1. The highest BCUT2D eigenvalue weighted by molar-refractivity contribution is 6.42. The molecule has 0 saturated carbocycles. The number of Topliss-reactive ketones (excluding diaryl/α,β-unsaturated/α-hetero) is 1. The number of pyridine rings is 1. The summed E-state index contributed by atoms with van der Waals surface area (Å²) in [7, 11) is 0. The molecule has 1 amide bonds. The molecule has 1 aliphatic heterocycles. The molecule has 1 aromatic carbocycles. The van der Waals surface area contributed by atoms with Gasteiger partial charge in [-0.2, -0.15) is 5.10 Å². The lowest BCUT2D eigenvalue weighted by Crippen LogP contribution is -2.42. The number of ketones is 1. The van der Waals surface area contributed by atoms with Gasteiger partial charge in [-0.05, 0) is 42.7 Å². The van der Waals surface area contributed by atoms with Crippen molar-refractivity contribution in [2.24, 2.45) is 0 Å². The van der Waals surface area contributed by atoms with Crippen LogP contribution in [0.2, 0.25) is 0 Å². The number of aromatic amines is 1. The highest BCUT2D eigenvalue weighted by Crippen LogP contribution is 2.33. The molecule has 1 atom stereocenters. The number of hydrogen-bond donors (Lipinski definition) is 1. The lowest BCUT2D eigenvalue weighted by atomic mass is 9.90. The number of piperidine rings is 1. The van der Waals surface area contributed by atoms with Crippen LogP contribution in [0.15, 0.2) is 55.0 Å². The maximum absolute atomic E-state index is 13.2. The molecule has 3 aromatic rings. The molecule has 0 aliphatic carbocycles. The Morgan fingerprint density at radius 3 is 2.71 bits per heavy atom. The van der Waals surface area contributed by atoms with Gasteiger partial charge in [0, 0.05) is 48.2 Å². The summed E-state index contributed by atoms with van der Waals surface area (Å²) in [6.45, 7) is 0.975. The van der Waals surface area contributed by atoms with Gasteiger partial charge in [0.2, 0.25) is 0 Å². The first-order valence-corrected chi connectivity index (χ1v) is 9.16. The van der Waals surface area contributed by atoms with Gasteiger partial charge in [-0.15, -0.1) is 0 Å². The highest BCUT2D eigenvalue weighted by atomic mass is 19.1. The van der Waals surface area contributed by atoms with E-state index >= 15 is 0 Å². The van der Waals surface area contributed by atoms with Crippen LogP contribution in [0, 0.1) is 5.82 Å². The topological polar surface area (TPSA) is 79.0 Å². The van der Waals surface area contributed by atoms with Crippen LogP contribution >= 0.6 is 0 Å². The second-order valence-corrected chi connectivity index (χ2v) is 6.87. The first-order chi connectivity index (χ1) is 13.6. The molecule has 1 unspecified atom stereocenters. The van der Waals surface area contributed by atoms with Crippen LogP contribution in [0.5, 0.6) is 0 Å². The largest absolute Gasteiger partial charge is 0.335 e. The Morgan fingerprint density at radius 2 is 1.96 bits per heavy atom. The Bertz CT molecular complexity index is 985. The first-order valence-electron chi connectivity index (χ1n) is 9.16. The number of nitrogens with zero attached hydrogens (tertiary/aromatic N) is 3. The Hall–Kier alpha value is -3.35. The zero-order chi connectivity index (χ0) is 19.5. The zero-order valence-electron chi connectivity index (χ0n) is 15.1. The van der Waals surface area contributed by atoms with Gasteiger partial charge in [0.05, 0.1) is 6.20 Å². The molecule has 0 bridgehead atoms. The monoisotopic (exact) mass is 378 g/mol. The molecule has 2 aromatic heterocycles. The minimum absolute atomic E-state index is 0.0296. The molecule has 1 saturated heterocycles. The van der Waals surface area contributed by atoms with E-state index in [-0.39, 0.29) is 11.7 Å². The van der Waals surface area contributed by atoms with Gasteiger partial charge in [0.25, 0.3) is 11.7 Å². The minimum atomic E-state index is -0.544. The molecule has 6 nitrogen and oxygen atoms in total. The maximum atomic E-state index is 13.2. The normalized spacial score (nSPS) is 16.8. The fourth-order valence-corrected chi connectivity index (χ4v) is 3.63. The van der Waals surface area contributed by atoms with Gasteiger partial charge < -0.3 is 4.90 Å². The third-order valence-electron chi connectivity index (χ3n) is 5.06. The van der Waals surface area contributed by atoms with Crippen LogP contribution in [-0.2, 0) is 4.79 Å². The summed E-state index contributed by atoms with van der Waals surface area (Å²) in [6, 6.07) is 9.47. The summed E-state index contributed by atoms with van der Waals surface area (Å²) in [5.74, 6) is -1.32. The number of carbonyl (C=O) groups is 2. The van der Waals surface area contributed by atoms with Gasteiger partial charge in [-0.3, -0.25) is 19.7 Å². The number of benzene rings is 1. The summed E-state index contributed by atoms with van der Waals surface area (Å²) in [4.78, 5) is 30.7. The number of halogens is 1. The van der Waals surface area contributed by atoms with Crippen molar-refractivity contribution in [2.45, 2.75) is 18.8 Å². The van der Waals surface area contributed by atoms with E-state index in [1.807, 2.05) is 0 Å². The van der Waals surface area contributed by atoms with Gasteiger partial charge in [-0.1, -0.05) is 12.1 Å². The highest BCUT2D eigenvalue weighted by Gasteiger charge is 2.31. The van der Waals surface area contributed by atoms with Crippen molar-refractivity contribution in [1.29, 1.82) is 0 Å². The quantitative estimate of drug-likeness (QED) is 0.559. The number of likely N-dealkylation sites (tertiary alicyclic amines) is 1. The fourth-order valence-electron chi connectivity index (χ4n) is 3.63. The summed E-state index contributed by atoms with van der Waals surface area (Å²) >= 11 is 0. The Labute approximate surface area is 161 Å². The third-order valence-corrected chi connectivity index (χ3v) is 5.06. The molecular formula is C21H19FN4O2. The van der Waals surface area contributed by atoms with Crippen molar-refractivity contribution >= 4 is 11.7 Å². The SMILES string of the molecule is O=C(C(=O)N1CCCC(c2[nH]ncc2-c2ccc(F)cc2)C1)c1cccnc1. The molecule has 0 spiro atoms. The lowest BCUT2D eigenvalue weighted by Gasteiger charge is -2.32. The van der Waals surface area contributed by atoms with Crippen molar-refractivity contribution in [2.75, 3.05) is 13.1 Å². The number of rotatable bonds is 4. The van der Waals surface area contributed by atoms with Crippen LogP contribution in [0.3, 0.4) is 0 Å². The molecular weight excluding hydrogens is 359 g/mol. The zero-order valence-corrected chi connectivity index (χ0v) is 15.1. The van der Waals surface area contributed by atoms with Gasteiger partial charge in [-0.25, -0.2) is 4.39 Å². The van der Waals surface area contributed by atoms with Gasteiger partial charge in [0.15, 0.2) is 0 Å². The van der Waals surface area contributed by atoms with Crippen LogP contribution < -0.4 is 0 Å². The molecule has 1 fully saturated rings. The van der Waals surface area contributed by atoms with E-state index in [9.17, 15) is 14.0 Å². The number of hydrogen-bond acceptors (Lipinski definition) is 4. The van der Waals surface area contributed by atoms with E-state index in [0.29, 0.717) is 18.7 Å². The lowest BCUT2D eigenvalue weighted by molar-refractivity contribution is -0.127. The molecule has 4 rings (SSSR count). The third kappa shape index (κ3) is 3.55. The summed E-state index contributed by atoms with van der Waals surface area (Å²) in [5.41, 5.74) is 2.94. The number of carbonyl (C=O) groups excluding carboxylic acids is 2. The molecule has 1 aliphatic rings. The minimum Gasteiger partial charge on any atom is -0.335 e. The van der Waals surface area contributed by atoms with Crippen molar-refractivity contribution in [1.82, 2.24) is 20.1 Å². The summed E-state index contributed by atoms with van der Waals surface area (Å²) < 4.78 is 13.2. The maximum Gasteiger partial charge on any atom is 0.295 e. The van der Waals surface area contributed by atoms with E-state index in [0.717, 1.165) is 29.7 Å². The first kappa shape index (κ1) is 18.0. The van der Waals surface area contributed by atoms with Crippen molar-refractivity contribution in [3.63, 3.8) is 0 Å². The molecule has 28 heavy (non-hydrogen) atoms. The number of amides is 1. The smallest absolute Gasteiger partial charge is 0.295 e. The van der Waals surface area contributed by atoms with Crippen LogP contribution in [-0.4, -0.2) is 44.9 Å². The molecule has 142 valence electrons. The number of H-pyrrole nitrogens is 1. The van der Waals surface area contributed by atoms with E-state index < -0.39 is 11.7 Å².